The van der Waals surface area contributed by atoms with Crippen molar-refractivity contribution in [3.05, 3.63) is 77.7 Å². The number of carbonyl (C=O) groups is 2. The van der Waals surface area contributed by atoms with E-state index in [1.807, 2.05) is 65.6 Å². The summed E-state index contributed by atoms with van der Waals surface area (Å²) in [4.78, 5) is 38.4. The lowest BCUT2D eigenvalue weighted by Crippen LogP contribution is -2.32. The van der Waals surface area contributed by atoms with Gasteiger partial charge < -0.3 is 15.1 Å². The molecule has 1 aliphatic rings. The molecule has 1 saturated heterocycles. The van der Waals surface area contributed by atoms with Crippen molar-refractivity contribution < 1.29 is 9.59 Å². The third-order valence-corrected chi connectivity index (χ3v) is 6.04. The molecule has 1 atom stereocenters. The molecule has 0 aliphatic carbocycles. The molecule has 2 heterocycles. The van der Waals surface area contributed by atoms with Crippen LogP contribution >= 0.6 is 0 Å². The van der Waals surface area contributed by atoms with E-state index in [0.29, 0.717) is 30.3 Å². The Morgan fingerprint density at radius 2 is 1.82 bits per heavy atom. The van der Waals surface area contributed by atoms with Gasteiger partial charge in [-0.15, -0.1) is 0 Å². The van der Waals surface area contributed by atoms with Crippen LogP contribution < -0.4 is 5.32 Å². The summed E-state index contributed by atoms with van der Waals surface area (Å²) in [5.74, 6) is 1.24. The maximum atomic E-state index is 13.7. The van der Waals surface area contributed by atoms with Gasteiger partial charge in [0.1, 0.15) is 5.82 Å². The van der Waals surface area contributed by atoms with Crippen LogP contribution in [0.3, 0.4) is 0 Å². The number of amides is 2. The van der Waals surface area contributed by atoms with Gasteiger partial charge >= 0.3 is 0 Å². The van der Waals surface area contributed by atoms with Crippen molar-refractivity contribution in [2.75, 3.05) is 26.0 Å². The van der Waals surface area contributed by atoms with Crippen LogP contribution in [0.15, 0.2) is 60.7 Å². The fourth-order valence-electron chi connectivity index (χ4n) is 4.20. The highest BCUT2D eigenvalue weighted by Gasteiger charge is 2.34. The Kier molecular flexibility index (Phi) is 6.68. The monoisotopic (exact) mass is 443 g/mol. The molecular weight excluding hydrogens is 414 g/mol. The second kappa shape index (κ2) is 9.81. The van der Waals surface area contributed by atoms with E-state index in [4.69, 9.17) is 4.98 Å². The number of benzene rings is 2. The van der Waals surface area contributed by atoms with Gasteiger partial charge in [0.2, 0.25) is 5.91 Å². The van der Waals surface area contributed by atoms with Gasteiger partial charge in [0.05, 0.1) is 18.3 Å². The van der Waals surface area contributed by atoms with E-state index >= 15 is 0 Å². The van der Waals surface area contributed by atoms with Crippen molar-refractivity contribution in [2.45, 2.75) is 32.4 Å². The lowest BCUT2D eigenvalue weighted by Gasteiger charge is -2.26. The molecule has 0 spiro atoms. The predicted molar refractivity (Wildman–Crippen MR) is 129 cm³/mol. The van der Waals surface area contributed by atoms with Gasteiger partial charge in [-0.25, -0.2) is 9.97 Å². The maximum absolute atomic E-state index is 13.7. The van der Waals surface area contributed by atoms with Crippen LogP contribution in [-0.2, 0) is 11.3 Å². The summed E-state index contributed by atoms with van der Waals surface area (Å²) in [6, 6.07) is 19.3. The zero-order valence-corrected chi connectivity index (χ0v) is 19.3. The normalized spacial score (nSPS) is 15.4. The minimum absolute atomic E-state index is 0.0159. The summed E-state index contributed by atoms with van der Waals surface area (Å²) in [6.07, 6.45) is 1.69. The molecule has 0 radical (unpaired) electrons. The van der Waals surface area contributed by atoms with E-state index in [1.54, 1.807) is 19.0 Å². The summed E-state index contributed by atoms with van der Waals surface area (Å²) in [6.45, 7) is 2.57. The molecule has 7 heteroatoms. The number of nitrogens with one attached hydrogen (secondary N) is 1. The first-order valence-corrected chi connectivity index (χ1v) is 11.2. The lowest BCUT2D eigenvalue weighted by molar-refractivity contribution is -0.128. The minimum atomic E-state index is -0.212. The average Bonchev–Trinajstić information content (AvgIpc) is 3.34. The summed E-state index contributed by atoms with van der Waals surface area (Å²) >= 11 is 0. The highest BCUT2D eigenvalue weighted by molar-refractivity contribution is 6.01. The number of hydrogen-bond acceptors (Lipinski definition) is 5. The Morgan fingerprint density at radius 1 is 1.09 bits per heavy atom. The molecule has 2 aromatic carbocycles. The van der Waals surface area contributed by atoms with Gasteiger partial charge in [-0.3, -0.25) is 9.59 Å². The standard InChI is InChI=1S/C26H29N5O2/c1-18(32)30(3)17-20-16-24(27-2)29-25(28-20)23-14-9-15-31(23)26(33)22-13-8-7-12-21(22)19-10-5-4-6-11-19/h4-8,10-13,16,23H,9,14-15,17H2,1-3H3,(H,27,28,29)/t23-/m1/s1. The molecule has 7 nitrogen and oxygen atoms in total. The Balaban J connectivity index is 1.67. The Morgan fingerprint density at radius 3 is 2.55 bits per heavy atom. The molecule has 0 bridgehead atoms. The molecule has 0 unspecified atom stereocenters. The zero-order chi connectivity index (χ0) is 23.4. The minimum Gasteiger partial charge on any atom is -0.373 e. The summed E-state index contributed by atoms with van der Waals surface area (Å²) in [5.41, 5.74) is 3.35. The molecule has 2 amide bonds. The van der Waals surface area contributed by atoms with Crippen LogP contribution in [0.4, 0.5) is 5.82 Å². The second-order valence-electron chi connectivity index (χ2n) is 8.30. The molecule has 1 fully saturated rings. The van der Waals surface area contributed by atoms with Crippen molar-refractivity contribution in [1.82, 2.24) is 19.8 Å². The van der Waals surface area contributed by atoms with Gasteiger partial charge in [-0.05, 0) is 30.0 Å². The molecule has 0 saturated carbocycles. The van der Waals surface area contributed by atoms with E-state index in [-0.39, 0.29) is 17.9 Å². The molecule has 1 N–H and O–H groups in total. The molecule has 3 aromatic rings. The quantitative estimate of drug-likeness (QED) is 0.619. The Hall–Kier alpha value is -3.74. The lowest BCUT2D eigenvalue weighted by atomic mass is 9.98. The topological polar surface area (TPSA) is 78.4 Å². The Labute approximate surface area is 194 Å². The van der Waals surface area contributed by atoms with E-state index < -0.39 is 0 Å². The largest absolute Gasteiger partial charge is 0.373 e. The molecule has 1 aliphatic heterocycles. The number of rotatable bonds is 6. The summed E-state index contributed by atoms with van der Waals surface area (Å²) < 4.78 is 0. The third-order valence-electron chi connectivity index (χ3n) is 6.04. The smallest absolute Gasteiger partial charge is 0.255 e. The number of hydrogen-bond donors (Lipinski definition) is 1. The van der Waals surface area contributed by atoms with Crippen molar-refractivity contribution in [3.63, 3.8) is 0 Å². The summed E-state index contributed by atoms with van der Waals surface area (Å²) in [7, 11) is 3.55. The van der Waals surface area contributed by atoms with E-state index in [1.165, 1.54) is 6.92 Å². The number of carbonyl (C=O) groups excluding carboxylic acids is 2. The van der Waals surface area contributed by atoms with Crippen LogP contribution in [0.1, 0.15) is 47.7 Å². The van der Waals surface area contributed by atoms with Gasteiger partial charge in [-0.1, -0.05) is 48.5 Å². The first kappa shape index (κ1) is 22.5. The van der Waals surface area contributed by atoms with Crippen LogP contribution in [0.25, 0.3) is 11.1 Å². The maximum Gasteiger partial charge on any atom is 0.255 e. The van der Waals surface area contributed by atoms with Gasteiger partial charge in [0.15, 0.2) is 5.82 Å². The van der Waals surface area contributed by atoms with Crippen molar-refractivity contribution in [2.24, 2.45) is 0 Å². The van der Waals surface area contributed by atoms with E-state index in [9.17, 15) is 9.59 Å². The molecule has 1 aromatic heterocycles. The van der Waals surface area contributed by atoms with Crippen molar-refractivity contribution in [1.29, 1.82) is 0 Å². The van der Waals surface area contributed by atoms with Crippen LogP contribution in [0.2, 0.25) is 0 Å². The molecule has 4 rings (SSSR count). The van der Waals surface area contributed by atoms with Gasteiger partial charge in [-0.2, -0.15) is 0 Å². The van der Waals surface area contributed by atoms with E-state index in [0.717, 1.165) is 29.7 Å². The SMILES string of the molecule is CNc1cc(CN(C)C(C)=O)nc([C@H]2CCCN2C(=O)c2ccccc2-c2ccccc2)n1. The van der Waals surface area contributed by atoms with Crippen LogP contribution in [0.5, 0.6) is 0 Å². The zero-order valence-electron chi connectivity index (χ0n) is 19.3. The molecular formula is C26H29N5O2. The number of likely N-dealkylation sites (tertiary alicyclic amines) is 1. The van der Waals surface area contributed by atoms with Crippen LogP contribution in [0, 0.1) is 0 Å². The second-order valence-corrected chi connectivity index (χ2v) is 8.30. The average molecular weight is 444 g/mol. The fraction of sp³-hybridized carbons (Fsp3) is 0.308. The molecule has 33 heavy (non-hydrogen) atoms. The van der Waals surface area contributed by atoms with Gasteiger partial charge in [0, 0.05) is 39.2 Å². The highest BCUT2D eigenvalue weighted by atomic mass is 16.2. The van der Waals surface area contributed by atoms with Gasteiger partial charge in [0.25, 0.3) is 5.91 Å². The number of anilines is 1. The highest BCUT2D eigenvalue weighted by Crippen LogP contribution is 2.34. The first-order chi connectivity index (χ1) is 16.0. The molecule has 170 valence electrons. The summed E-state index contributed by atoms with van der Waals surface area (Å²) in [5, 5.41) is 3.08. The predicted octanol–water partition coefficient (Wildman–Crippen LogP) is 4.14. The first-order valence-electron chi connectivity index (χ1n) is 11.2. The Bertz CT molecular complexity index is 1150. The number of nitrogens with zero attached hydrogens (tertiary/aromatic N) is 4. The van der Waals surface area contributed by atoms with Crippen molar-refractivity contribution >= 4 is 17.6 Å². The fourth-order valence-corrected chi connectivity index (χ4v) is 4.20. The number of aromatic nitrogens is 2. The van der Waals surface area contributed by atoms with Crippen molar-refractivity contribution in [3.8, 4) is 11.1 Å². The van der Waals surface area contributed by atoms with E-state index in [2.05, 4.69) is 10.3 Å². The third kappa shape index (κ3) is 4.87. The van der Waals surface area contributed by atoms with Crippen LogP contribution in [-0.4, -0.2) is 52.2 Å².